The monoisotopic (exact) mass is 365 g/mol. The molecule has 3 aromatic rings. The number of fused-ring (bicyclic) bond motifs is 1. The van der Waals surface area contributed by atoms with Crippen LogP contribution in [0, 0.1) is 0 Å². The Bertz CT molecular complexity index is 901. The van der Waals surface area contributed by atoms with Gasteiger partial charge in [0.2, 0.25) is 0 Å². The number of pyridine rings is 1. The zero-order valence-corrected chi connectivity index (χ0v) is 15.1. The van der Waals surface area contributed by atoms with Crippen LogP contribution < -0.4 is 10.1 Å². The molecular weight excluding hydrogens is 342 g/mol. The first kappa shape index (κ1) is 17.5. The standard InChI is InChI=1S/C21H23N3O3/c25-20(24-12-15-4-8-22-9-5-15)14-27-19-3-1-2-18-21(19)17(13-23-18)16-6-10-26-11-7-16/h1-5,8-9,13,16,23H,6-7,10-12,14H2,(H,24,25). The first-order valence-electron chi connectivity index (χ1n) is 9.27. The summed E-state index contributed by atoms with van der Waals surface area (Å²) < 4.78 is 11.4. The van der Waals surface area contributed by atoms with Crippen molar-refractivity contribution in [3.05, 3.63) is 60.0 Å². The predicted molar refractivity (Wildman–Crippen MR) is 103 cm³/mol. The number of amides is 1. The number of carbonyl (C=O) groups excluding carboxylic acids is 1. The molecule has 27 heavy (non-hydrogen) atoms. The van der Waals surface area contributed by atoms with Gasteiger partial charge in [-0.1, -0.05) is 6.07 Å². The molecule has 1 aliphatic rings. The third kappa shape index (κ3) is 4.11. The van der Waals surface area contributed by atoms with Crippen molar-refractivity contribution in [3.63, 3.8) is 0 Å². The molecule has 140 valence electrons. The lowest BCUT2D eigenvalue weighted by Crippen LogP contribution is -2.28. The predicted octanol–water partition coefficient (Wildman–Crippen LogP) is 3.15. The van der Waals surface area contributed by atoms with E-state index in [0.29, 0.717) is 12.5 Å². The third-order valence-electron chi connectivity index (χ3n) is 4.96. The molecule has 1 saturated heterocycles. The van der Waals surface area contributed by atoms with E-state index in [4.69, 9.17) is 9.47 Å². The Morgan fingerprint density at radius 1 is 1.22 bits per heavy atom. The smallest absolute Gasteiger partial charge is 0.258 e. The van der Waals surface area contributed by atoms with Crippen molar-refractivity contribution in [2.24, 2.45) is 0 Å². The molecule has 0 unspecified atom stereocenters. The Hall–Kier alpha value is -2.86. The van der Waals surface area contributed by atoms with Crippen molar-refractivity contribution in [1.82, 2.24) is 15.3 Å². The fraction of sp³-hybridized carbons (Fsp3) is 0.333. The van der Waals surface area contributed by atoms with Crippen LogP contribution in [0.1, 0.15) is 29.9 Å². The molecule has 4 rings (SSSR count). The fourth-order valence-electron chi connectivity index (χ4n) is 3.52. The molecule has 6 heteroatoms. The molecule has 3 heterocycles. The highest BCUT2D eigenvalue weighted by Gasteiger charge is 2.21. The van der Waals surface area contributed by atoms with Crippen LogP contribution in [0.5, 0.6) is 5.75 Å². The maximum atomic E-state index is 12.2. The zero-order chi connectivity index (χ0) is 18.5. The van der Waals surface area contributed by atoms with Crippen LogP contribution >= 0.6 is 0 Å². The summed E-state index contributed by atoms with van der Waals surface area (Å²) >= 11 is 0. The van der Waals surface area contributed by atoms with Crippen molar-refractivity contribution in [2.75, 3.05) is 19.8 Å². The molecule has 0 atom stereocenters. The number of nitrogens with zero attached hydrogens (tertiary/aromatic N) is 1. The number of benzene rings is 1. The van der Waals surface area contributed by atoms with Gasteiger partial charge in [0.15, 0.2) is 6.61 Å². The van der Waals surface area contributed by atoms with Crippen LogP contribution in [0.15, 0.2) is 48.9 Å². The van der Waals surface area contributed by atoms with Crippen LogP contribution in [0.4, 0.5) is 0 Å². The first-order valence-corrected chi connectivity index (χ1v) is 9.27. The van der Waals surface area contributed by atoms with E-state index >= 15 is 0 Å². The minimum Gasteiger partial charge on any atom is -0.483 e. The Morgan fingerprint density at radius 2 is 2.04 bits per heavy atom. The topological polar surface area (TPSA) is 76.2 Å². The number of carbonyl (C=O) groups is 1. The van der Waals surface area contributed by atoms with Crippen molar-refractivity contribution < 1.29 is 14.3 Å². The van der Waals surface area contributed by atoms with Crippen LogP contribution in [0.25, 0.3) is 10.9 Å². The number of aromatic nitrogens is 2. The summed E-state index contributed by atoms with van der Waals surface area (Å²) in [6.45, 7) is 2.03. The SMILES string of the molecule is O=C(COc1cccc2[nH]cc(C3CCOCC3)c12)NCc1ccncc1. The molecule has 2 N–H and O–H groups in total. The minimum atomic E-state index is -0.146. The lowest BCUT2D eigenvalue weighted by atomic mass is 9.91. The summed E-state index contributed by atoms with van der Waals surface area (Å²) in [5.41, 5.74) is 3.29. The summed E-state index contributed by atoms with van der Waals surface area (Å²) in [7, 11) is 0. The number of H-pyrrole nitrogens is 1. The average Bonchev–Trinajstić information content (AvgIpc) is 3.17. The van der Waals surface area contributed by atoms with Crippen LogP contribution in [-0.2, 0) is 16.1 Å². The average molecular weight is 365 g/mol. The number of aromatic amines is 1. The number of rotatable bonds is 6. The highest BCUT2D eigenvalue weighted by molar-refractivity contribution is 5.90. The molecule has 1 amide bonds. The summed E-state index contributed by atoms with van der Waals surface area (Å²) in [5.74, 6) is 1.05. The Balaban J connectivity index is 1.43. The molecule has 1 aliphatic heterocycles. The van der Waals surface area contributed by atoms with Gasteiger partial charge in [-0.15, -0.1) is 0 Å². The van der Waals surface area contributed by atoms with Gasteiger partial charge in [-0.3, -0.25) is 9.78 Å². The lowest BCUT2D eigenvalue weighted by Gasteiger charge is -2.22. The van der Waals surface area contributed by atoms with Crippen molar-refractivity contribution in [1.29, 1.82) is 0 Å². The summed E-state index contributed by atoms with van der Waals surface area (Å²) in [6.07, 6.45) is 7.50. The van der Waals surface area contributed by atoms with Crippen molar-refractivity contribution >= 4 is 16.8 Å². The Kier molecular flexibility index (Phi) is 5.34. The Labute approximate surface area is 157 Å². The molecule has 6 nitrogen and oxygen atoms in total. The molecule has 0 bridgehead atoms. The number of ether oxygens (including phenoxy) is 2. The highest BCUT2D eigenvalue weighted by Crippen LogP contribution is 2.37. The lowest BCUT2D eigenvalue weighted by molar-refractivity contribution is -0.123. The van der Waals surface area contributed by atoms with Gasteiger partial charge in [-0.2, -0.15) is 0 Å². The van der Waals surface area contributed by atoms with E-state index in [2.05, 4.69) is 21.5 Å². The van der Waals surface area contributed by atoms with Gasteiger partial charge in [-0.05, 0) is 54.2 Å². The molecule has 1 fully saturated rings. The number of nitrogens with one attached hydrogen (secondary N) is 2. The van der Waals surface area contributed by atoms with Gasteiger partial charge in [0, 0.05) is 49.3 Å². The quantitative estimate of drug-likeness (QED) is 0.704. The fourth-order valence-corrected chi connectivity index (χ4v) is 3.52. The largest absolute Gasteiger partial charge is 0.483 e. The van der Waals surface area contributed by atoms with Gasteiger partial charge < -0.3 is 19.8 Å². The second-order valence-electron chi connectivity index (χ2n) is 6.73. The van der Waals surface area contributed by atoms with Gasteiger partial charge in [0.05, 0.1) is 0 Å². The van der Waals surface area contributed by atoms with Gasteiger partial charge in [0.1, 0.15) is 5.75 Å². The first-order chi connectivity index (χ1) is 13.3. The Morgan fingerprint density at radius 3 is 2.85 bits per heavy atom. The van der Waals surface area contributed by atoms with Gasteiger partial charge in [0.25, 0.3) is 5.91 Å². The molecule has 2 aromatic heterocycles. The highest BCUT2D eigenvalue weighted by atomic mass is 16.5. The van der Waals surface area contributed by atoms with E-state index in [9.17, 15) is 4.79 Å². The second kappa shape index (κ2) is 8.22. The van der Waals surface area contributed by atoms with E-state index < -0.39 is 0 Å². The van der Waals surface area contributed by atoms with E-state index in [1.807, 2.05) is 30.3 Å². The van der Waals surface area contributed by atoms with Crippen molar-refractivity contribution in [3.8, 4) is 5.75 Å². The normalized spacial score (nSPS) is 15.0. The molecule has 0 saturated carbocycles. The number of hydrogen-bond donors (Lipinski definition) is 2. The van der Waals surface area contributed by atoms with Crippen LogP contribution in [0.2, 0.25) is 0 Å². The molecular formula is C21H23N3O3. The molecule has 0 spiro atoms. The summed E-state index contributed by atoms with van der Waals surface area (Å²) in [4.78, 5) is 19.5. The summed E-state index contributed by atoms with van der Waals surface area (Å²) in [5, 5.41) is 3.95. The van der Waals surface area contributed by atoms with Crippen LogP contribution in [0.3, 0.4) is 0 Å². The van der Waals surface area contributed by atoms with Gasteiger partial charge >= 0.3 is 0 Å². The van der Waals surface area contributed by atoms with E-state index in [-0.39, 0.29) is 12.5 Å². The minimum absolute atomic E-state index is 0.0113. The van der Waals surface area contributed by atoms with E-state index in [1.165, 1.54) is 5.56 Å². The van der Waals surface area contributed by atoms with E-state index in [0.717, 1.165) is 48.3 Å². The zero-order valence-electron chi connectivity index (χ0n) is 15.1. The van der Waals surface area contributed by atoms with Crippen LogP contribution in [-0.4, -0.2) is 35.7 Å². The van der Waals surface area contributed by atoms with Crippen molar-refractivity contribution in [2.45, 2.75) is 25.3 Å². The second-order valence-corrected chi connectivity index (χ2v) is 6.73. The maximum Gasteiger partial charge on any atom is 0.258 e. The molecule has 0 aliphatic carbocycles. The number of hydrogen-bond acceptors (Lipinski definition) is 4. The summed E-state index contributed by atoms with van der Waals surface area (Å²) in [6, 6.07) is 9.66. The third-order valence-corrected chi connectivity index (χ3v) is 4.96. The van der Waals surface area contributed by atoms with E-state index in [1.54, 1.807) is 12.4 Å². The van der Waals surface area contributed by atoms with Gasteiger partial charge in [-0.25, -0.2) is 0 Å². The molecule has 0 radical (unpaired) electrons. The maximum absolute atomic E-state index is 12.2. The molecule has 1 aromatic carbocycles.